The number of aliphatic hydroxyl groups is 1. The summed E-state index contributed by atoms with van der Waals surface area (Å²) in [5, 5.41) is 9.45. The Labute approximate surface area is 85.2 Å². The van der Waals surface area contributed by atoms with Crippen LogP contribution in [0.5, 0.6) is 0 Å². The van der Waals surface area contributed by atoms with Gasteiger partial charge in [-0.25, -0.2) is 0 Å². The van der Waals surface area contributed by atoms with Crippen LogP contribution in [0, 0.1) is 0 Å². The van der Waals surface area contributed by atoms with Gasteiger partial charge in [-0.3, -0.25) is 4.79 Å². The molecule has 0 aromatic heterocycles. The molecule has 0 amide bonds. The average molecular weight is 204 g/mol. The summed E-state index contributed by atoms with van der Waals surface area (Å²) in [7, 11) is 3.01. The SMILES string of the molecule is COCCCC(O)CCCC(=O)OC. The maximum absolute atomic E-state index is 10.7. The van der Waals surface area contributed by atoms with Gasteiger partial charge in [0, 0.05) is 20.1 Å². The molecule has 0 rings (SSSR count). The van der Waals surface area contributed by atoms with Gasteiger partial charge in [0.15, 0.2) is 0 Å². The van der Waals surface area contributed by atoms with Gasteiger partial charge in [-0.1, -0.05) is 0 Å². The Morgan fingerprint density at radius 2 is 1.93 bits per heavy atom. The van der Waals surface area contributed by atoms with Gasteiger partial charge >= 0.3 is 5.97 Å². The third-order valence-electron chi connectivity index (χ3n) is 2.03. The largest absolute Gasteiger partial charge is 0.469 e. The highest BCUT2D eigenvalue weighted by Gasteiger charge is 2.06. The van der Waals surface area contributed by atoms with Crippen molar-refractivity contribution in [3.05, 3.63) is 0 Å². The predicted molar refractivity (Wildman–Crippen MR) is 53.0 cm³/mol. The molecule has 14 heavy (non-hydrogen) atoms. The molecule has 84 valence electrons. The van der Waals surface area contributed by atoms with E-state index in [2.05, 4.69) is 4.74 Å². The van der Waals surface area contributed by atoms with Crippen LogP contribution in [0.2, 0.25) is 0 Å². The molecule has 0 saturated heterocycles. The van der Waals surface area contributed by atoms with E-state index in [-0.39, 0.29) is 12.1 Å². The quantitative estimate of drug-likeness (QED) is 0.475. The van der Waals surface area contributed by atoms with Crippen LogP contribution in [0.3, 0.4) is 0 Å². The molecule has 4 heteroatoms. The van der Waals surface area contributed by atoms with Gasteiger partial charge in [-0.05, 0) is 25.7 Å². The first-order chi connectivity index (χ1) is 6.70. The number of esters is 1. The van der Waals surface area contributed by atoms with Crippen molar-refractivity contribution in [1.82, 2.24) is 0 Å². The van der Waals surface area contributed by atoms with Crippen LogP contribution in [-0.4, -0.2) is 38.0 Å². The van der Waals surface area contributed by atoms with E-state index in [4.69, 9.17) is 4.74 Å². The number of hydrogen-bond donors (Lipinski definition) is 1. The summed E-state index contributed by atoms with van der Waals surface area (Å²) < 4.78 is 9.36. The zero-order valence-electron chi connectivity index (χ0n) is 8.99. The lowest BCUT2D eigenvalue weighted by Crippen LogP contribution is -2.09. The fraction of sp³-hybridized carbons (Fsp3) is 0.900. The molecule has 1 N–H and O–H groups in total. The highest BCUT2D eigenvalue weighted by Crippen LogP contribution is 2.07. The summed E-state index contributed by atoms with van der Waals surface area (Å²) in [4.78, 5) is 10.7. The summed E-state index contributed by atoms with van der Waals surface area (Å²) in [5.41, 5.74) is 0. The van der Waals surface area contributed by atoms with Crippen molar-refractivity contribution in [2.24, 2.45) is 0 Å². The molecule has 0 heterocycles. The highest BCUT2D eigenvalue weighted by molar-refractivity contribution is 5.68. The van der Waals surface area contributed by atoms with Crippen molar-refractivity contribution >= 4 is 5.97 Å². The van der Waals surface area contributed by atoms with Crippen LogP contribution in [0.4, 0.5) is 0 Å². The summed E-state index contributed by atoms with van der Waals surface area (Å²) in [6.45, 7) is 0.675. The Kier molecular flexibility index (Phi) is 8.57. The Morgan fingerprint density at radius 1 is 1.29 bits per heavy atom. The normalized spacial score (nSPS) is 12.5. The number of carbonyl (C=O) groups is 1. The standard InChI is InChI=1S/C10H20O4/c1-13-8-4-6-9(11)5-3-7-10(12)14-2/h9,11H,3-8H2,1-2H3. The van der Waals surface area contributed by atoms with E-state index in [0.717, 1.165) is 12.8 Å². The molecule has 0 saturated carbocycles. The number of carbonyl (C=O) groups excluding carboxylic acids is 1. The van der Waals surface area contributed by atoms with E-state index in [0.29, 0.717) is 25.9 Å². The van der Waals surface area contributed by atoms with Crippen LogP contribution in [0.25, 0.3) is 0 Å². The summed E-state index contributed by atoms with van der Waals surface area (Å²) in [5.74, 6) is -0.214. The van der Waals surface area contributed by atoms with Crippen molar-refractivity contribution in [3.8, 4) is 0 Å². The maximum Gasteiger partial charge on any atom is 0.305 e. The van der Waals surface area contributed by atoms with E-state index in [1.165, 1.54) is 7.11 Å². The fourth-order valence-electron chi connectivity index (χ4n) is 1.19. The smallest absolute Gasteiger partial charge is 0.305 e. The van der Waals surface area contributed by atoms with Gasteiger partial charge in [-0.15, -0.1) is 0 Å². The third-order valence-corrected chi connectivity index (χ3v) is 2.03. The first-order valence-electron chi connectivity index (χ1n) is 4.94. The molecule has 0 fully saturated rings. The molecular formula is C10H20O4. The molecule has 0 aromatic carbocycles. The van der Waals surface area contributed by atoms with E-state index >= 15 is 0 Å². The van der Waals surface area contributed by atoms with Crippen molar-refractivity contribution in [2.75, 3.05) is 20.8 Å². The third kappa shape index (κ3) is 8.01. The Balaban J connectivity index is 3.26. The fourth-order valence-corrected chi connectivity index (χ4v) is 1.19. The van der Waals surface area contributed by atoms with E-state index in [9.17, 15) is 9.90 Å². The summed E-state index contributed by atoms with van der Waals surface area (Å²) >= 11 is 0. The minimum Gasteiger partial charge on any atom is -0.469 e. The lowest BCUT2D eigenvalue weighted by Gasteiger charge is -2.09. The molecule has 4 nitrogen and oxygen atoms in total. The molecule has 0 aromatic rings. The first-order valence-corrected chi connectivity index (χ1v) is 4.94. The first kappa shape index (κ1) is 13.4. The molecule has 0 radical (unpaired) electrons. The number of methoxy groups -OCH3 is 2. The van der Waals surface area contributed by atoms with E-state index in [1.54, 1.807) is 7.11 Å². The number of aliphatic hydroxyl groups excluding tert-OH is 1. The molecule has 1 unspecified atom stereocenters. The van der Waals surface area contributed by atoms with Gasteiger partial charge in [0.1, 0.15) is 0 Å². The average Bonchev–Trinajstić information content (AvgIpc) is 2.18. The van der Waals surface area contributed by atoms with Gasteiger partial charge in [0.25, 0.3) is 0 Å². The number of ether oxygens (including phenoxy) is 2. The minimum absolute atomic E-state index is 0.214. The van der Waals surface area contributed by atoms with Gasteiger partial charge < -0.3 is 14.6 Å². The lowest BCUT2D eigenvalue weighted by atomic mass is 10.1. The molecule has 0 aliphatic carbocycles. The number of rotatable bonds is 8. The van der Waals surface area contributed by atoms with Crippen LogP contribution in [0.15, 0.2) is 0 Å². The van der Waals surface area contributed by atoms with Gasteiger partial charge in [0.05, 0.1) is 13.2 Å². The van der Waals surface area contributed by atoms with E-state index < -0.39 is 0 Å². The zero-order chi connectivity index (χ0) is 10.8. The number of hydrogen-bond acceptors (Lipinski definition) is 4. The van der Waals surface area contributed by atoms with E-state index in [1.807, 2.05) is 0 Å². The second-order valence-corrected chi connectivity index (χ2v) is 3.26. The van der Waals surface area contributed by atoms with Gasteiger partial charge in [0.2, 0.25) is 0 Å². The molecule has 0 spiro atoms. The van der Waals surface area contributed by atoms with Gasteiger partial charge in [-0.2, -0.15) is 0 Å². The Morgan fingerprint density at radius 3 is 2.50 bits per heavy atom. The summed E-state index contributed by atoms with van der Waals surface area (Å²) in [6.07, 6.45) is 2.98. The van der Waals surface area contributed by atoms with Crippen LogP contribution in [-0.2, 0) is 14.3 Å². The maximum atomic E-state index is 10.7. The molecular weight excluding hydrogens is 184 g/mol. The Bertz CT molecular complexity index is 147. The second-order valence-electron chi connectivity index (χ2n) is 3.26. The lowest BCUT2D eigenvalue weighted by molar-refractivity contribution is -0.140. The monoisotopic (exact) mass is 204 g/mol. The van der Waals surface area contributed by atoms with Crippen LogP contribution in [0.1, 0.15) is 32.1 Å². The van der Waals surface area contributed by atoms with Crippen molar-refractivity contribution < 1.29 is 19.4 Å². The van der Waals surface area contributed by atoms with Crippen molar-refractivity contribution in [1.29, 1.82) is 0 Å². The molecule has 0 bridgehead atoms. The minimum atomic E-state index is -0.324. The van der Waals surface area contributed by atoms with Crippen molar-refractivity contribution in [3.63, 3.8) is 0 Å². The summed E-state index contributed by atoms with van der Waals surface area (Å²) in [6, 6.07) is 0. The second kappa shape index (κ2) is 8.97. The predicted octanol–water partition coefficient (Wildman–Crippen LogP) is 1.12. The Hall–Kier alpha value is -0.610. The van der Waals surface area contributed by atoms with Crippen LogP contribution < -0.4 is 0 Å². The highest BCUT2D eigenvalue weighted by atomic mass is 16.5. The molecule has 0 aliphatic heterocycles. The topological polar surface area (TPSA) is 55.8 Å². The van der Waals surface area contributed by atoms with Crippen molar-refractivity contribution in [2.45, 2.75) is 38.2 Å². The zero-order valence-corrected chi connectivity index (χ0v) is 8.99. The molecule has 1 atom stereocenters. The molecule has 0 aliphatic rings. The van der Waals surface area contributed by atoms with Crippen LogP contribution >= 0.6 is 0 Å².